The molecule has 0 saturated heterocycles. The number of anilines is 1. The number of nitriles is 2. The van der Waals surface area contributed by atoms with Crippen molar-refractivity contribution >= 4 is 11.7 Å². The molecule has 1 aromatic rings. The fourth-order valence-corrected chi connectivity index (χ4v) is 1.01. The first-order valence-electron chi connectivity index (χ1n) is 4.14. The zero-order valence-corrected chi connectivity index (χ0v) is 8.03. The number of benzene rings is 1. The molecule has 1 rings (SSSR count). The monoisotopic (exact) mass is 200 g/mol. The van der Waals surface area contributed by atoms with Gasteiger partial charge in [0.05, 0.1) is 11.1 Å². The van der Waals surface area contributed by atoms with Crippen molar-refractivity contribution in [1.82, 2.24) is 5.32 Å². The third-order valence-electron chi connectivity index (χ3n) is 1.75. The van der Waals surface area contributed by atoms with E-state index in [0.29, 0.717) is 11.3 Å². The van der Waals surface area contributed by atoms with Crippen LogP contribution >= 0.6 is 0 Å². The van der Waals surface area contributed by atoms with E-state index in [2.05, 4.69) is 10.6 Å². The first kappa shape index (κ1) is 10.6. The van der Waals surface area contributed by atoms with Crippen molar-refractivity contribution in [2.24, 2.45) is 0 Å². The van der Waals surface area contributed by atoms with Crippen LogP contribution in [0.15, 0.2) is 18.2 Å². The van der Waals surface area contributed by atoms with E-state index in [4.69, 9.17) is 10.5 Å². The Morgan fingerprint density at radius 3 is 2.47 bits per heavy atom. The van der Waals surface area contributed by atoms with Crippen molar-refractivity contribution in [3.8, 4) is 12.1 Å². The number of rotatable bonds is 1. The lowest BCUT2D eigenvalue weighted by Crippen LogP contribution is -2.24. The van der Waals surface area contributed by atoms with Gasteiger partial charge < -0.3 is 10.6 Å². The van der Waals surface area contributed by atoms with E-state index in [9.17, 15) is 4.79 Å². The Kier molecular flexibility index (Phi) is 3.26. The second-order valence-electron chi connectivity index (χ2n) is 2.69. The Labute approximate surface area is 86.9 Å². The van der Waals surface area contributed by atoms with E-state index < -0.39 is 0 Å². The summed E-state index contributed by atoms with van der Waals surface area (Å²) in [4.78, 5) is 11.0. The Hall–Kier alpha value is -2.53. The smallest absolute Gasteiger partial charge is 0.318 e. The second-order valence-corrected chi connectivity index (χ2v) is 2.69. The molecule has 0 unspecified atom stereocenters. The first-order valence-corrected chi connectivity index (χ1v) is 4.14. The van der Waals surface area contributed by atoms with E-state index in [1.165, 1.54) is 19.2 Å². The van der Waals surface area contributed by atoms with Crippen LogP contribution in [0.3, 0.4) is 0 Å². The SMILES string of the molecule is CNC(=O)Nc1ccc(C#N)c(C#N)c1. The van der Waals surface area contributed by atoms with Gasteiger partial charge in [0, 0.05) is 12.7 Å². The number of hydrogen-bond acceptors (Lipinski definition) is 3. The summed E-state index contributed by atoms with van der Waals surface area (Å²) in [5.74, 6) is 0. The lowest BCUT2D eigenvalue weighted by atomic mass is 10.1. The molecule has 5 heteroatoms. The summed E-state index contributed by atoms with van der Waals surface area (Å²) in [7, 11) is 1.49. The summed E-state index contributed by atoms with van der Waals surface area (Å²) >= 11 is 0. The molecule has 0 aliphatic carbocycles. The van der Waals surface area contributed by atoms with Crippen LogP contribution in [-0.2, 0) is 0 Å². The summed E-state index contributed by atoms with van der Waals surface area (Å²) in [5, 5.41) is 22.3. The summed E-state index contributed by atoms with van der Waals surface area (Å²) < 4.78 is 0. The Bertz CT molecular complexity index is 467. The van der Waals surface area contributed by atoms with E-state index in [-0.39, 0.29) is 11.6 Å². The maximum absolute atomic E-state index is 11.0. The molecule has 0 aromatic heterocycles. The van der Waals surface area contributed by atoms with Gasteiger partial charge in [-0.25, -0.2) is 4.79 Å². The van der Waals surface area contributed by atoms with Crippen LogP contribution in [0, 0.1) is 22.7 Å². The molecule has 0 bridgehead atoms. The third kappa shape index (κ3) is 2.45. The van der Waals surface area contributed by atoms with Crippen molar-refractivity contribution in [2.45, 2.75) is 0 Å². The van der Waals surface area contributed by atoms with Crippen LogP contribution in [0.2, 0.25) is 0 Å². The summed E-state index contributed by atoms with van der Waals surface area (Å²) in [5.41, 5.74) is 1.01. The highest BCUT2D eigenvalue weighted by atomic mass is 16.2. The molecule has 0 atom stereocenters. The zero-order chi connectivity index (χ0) is 11.3. The number of amides is 2. The van der Waals surface area contributed by atoms with Crippen molar-refractivity contribution < 1.29 is 4.79 Å². The van der Waals surface area contributed by atoms with E-state index in [1.54, 1.807) is 6.07 Å². The van der Waals surface area contributed by atoms with Crippen LogP contribution in [0.4, 0.5) is 10.5 Å². The van der Waals surface area contributed by atoms with E-state index in [0.717, 1.165) is 0 Å². The number of hydrogen-bond donors (Lipinski definition) is 2. The van der Waals surface area contributed by atoms with Crippen LogP contribution in [-0.4, -0.2) is 13.1 Å². The topological polar surface area (TPSA) is 88.7 Å². The number of nitrogens with zero attached hydrogens (tertiary/aromatic N) is 2. The second kappa shape index (κ2) is 4.64. The van der Waals surface area contributed by atoms with E-state index in [1.807, 2.05) is 12.1 Å². The van der Waals surface area contributed by atoms with Crippen molar-refractivity contribution in [3.63, 3.8) is 0 Å². The average Bonchev–Trinajstić information content (AvgIpc) is 2.28. The molecule has 74 valence electrons. The van der Waals surface area contributed by atoms with Gasteiger partial charge in [0.15, 0.2) is 0 Å². The molecule has 0 fully saturated rings. The van der Waals surface area contributed by atoms with Gasteiger partial charge in [-0.2, -0.15) is 10.5 Å². The lowest BCUT2D eigenvalue weighted by molar-refractivity contribution is 0.254. The minimum Gasteiger partial charge on any atom is -0.341 e. The molecule has 15 heavy (non-hydrogen) atoms. The van der Waals surface area contributed by atoms with Crippen LogP contribution in [0.5, 0.6) is 0 Å². The van der Waals surface area contributed by atoms with Crippen LogP contribution < -0.4 is 10.6 Å². The molecular formula is C10H8N4O. The predicted molar refractivity (Wildman–Crippen MR) is 54.0 cm³/mol. The molecular weight excluding hydrogens is 192 g/mol. The molecule has 0 saturated carbocycles. The van der Waals surface area contributed by atoms with Gasteiger partial charge in [-0.1, -0.05) is 0 Å². The third-order valence-corrected chi connectivity index (χ3v) is 1.75. The fraction of sp³-hybridized carbons (Fsp3) is 0.100. The molecule has 0 spiro atoms. The summed E-state index contributed by atoms with van der Waals surface area (Å²) in [6.45, 7) is 0. The first-order chi connectivity index (χ1) is 7.21. The van der Waals surface area contributed by atoms with Crippen LogP contribution in [0.25, 0.3) is 0 Å². The lowest BCUT2D eigenvalue weighted by Gasteiger charge is -2.04. The largest absolute Gasteiger partial charge is 0.341 e. The maximum atomic E-state index is 11.0. The fourth-order valence-electron chi connectivity index (χ4n) is 1.01. The molecule has 5 nitrogen and oxygen atoms in total. The maximum Gasteiger partial charge on any atom is 0.318 e. The molecule has 2 amide bonds. The van der Waals surface area contributed by atoms with E-state index >= 15 is 0 Å². The molecule has 1 aromatic carbocycles. The Morgan fingerprint density at radius 1 is 1.27 bits per heavy atom. The normalized spacial score (nSPS) is 8.47. The number of urea groups is 1. The Morgan fingerprint density at radius 2 is 1.93 bits per heavy atom. The van der Waals surface area contributed by atoms with Crippen molar-refractivity contribution in [1.29, 1.82) is 10.5 Å². The molecule has 0 aliphatic heterocycles. The highest BCUT2D eigenvalue weighted by Crippen LogP contribution is 2.14. The highest BCUT2D eigenvalue weighted by Gasteiger charge is 2.04. The highest BCUT2D eigenvalue weighted by molar-refractivity contribution is 5.89. The minimum absolute atomic E-state index is 0.242. The molecule has 0 aliphatic rings. The molecule has 2 N–H and O–H groups in total. The van der Waals surface area contributed by atoms with Crippen molar-refractivity contribution in [2.75, 3.05) is 12.4 Å². The number of carbonyl (C=O) groups is 1. The standard InChI is InChI=1S/C10H8N4O/c1-13-10(15)14-9-3-2-7(5-11)8(4-9)6-12/h2-4H,1H3,(H2,13,14,15). The quantitative estimate of drug-likeness (QED) is 0.713. The van der Waals surface area contributed by atoms with Crippen molar-refractivity contribution in [3.05, 3.63) is 29.3 Å². The summed E-state index contributed by atoms with van der Waals surface area (Å²) in [6.07, 6.45) is 0. The predicted octanol–water partition coefficient (Wildman–Crippen LogP) is 1.18. The van der Waals surface area contributed by atoms with Gasteiger partial charge in [-0.05, 0) is 18.2 Å². The van der Waals surface area contributed by atoms with Gasteiger partial charge in [0.1, 0.15) is 12.1 Å². The number of carbonyl (C=O) groups excluding carboxylic acids is 1. The number of nitrogens with one attached hydrogen (secondary N) is 2. The van der Waals surface area contributed by atoms with Crippen LogP contribution in [0.1, 0.15) is 11.1 Å². The minimum atomic E-state index is -0.372. The summed E-state index contributed by atoms with van der Waals surface area (Å²) in [6, 6.07) is 7.91. The molecule has 0 heterocycles. The Balaban J connectivity index is 3.01. The average molecular weight is 200 g/mol. The molecule has 0 radical (unpaired) electrons. The van der Waals surface area contributed by atoms with Gasteiger partial charge in [-0.3, -0.25) is 0 Å². The van der Waals surface area contributed by atoms with Gasteiger partial charge in [0.2, 0.25) is 0 Å². The zero-order valence-electron chi connectivity index (χ0n) is 8.03. The van der Waals surface area contributed by atoms with Gasteiger partial charge in [0.25, 0.3) is 0 Å². The van der Waals surface area contributed by atoms with Gasteiger partial charge >= 0.3 is 6.03 Å². The van der Waals surface area contributed by atoms with Gasteiger partial charge in [-0.15, -0.1) is 0 Å².